The second-order valence-electron chi connectivity index (χ2n) is 4.44. The lowest BCUT2D eigenvalue weighted by molar-refractivity contribution is 0.494. The molecule has 3 aromatic rings. The van der Waals surface area contributed by atoms with E-state index in [1.165, 1.54) is 5.56 Å². The highest BCUT2D eigenvalue weighted by atomic mass is 16.3. The molecule has 4 nitrogen and oxygen atoms in total. The van der Waals surface area contributed by atoms with Crippen LogP contribution in [0.2, 0.25) is 0 Å². The lowest BCUT2D eigenvalue weighted by atomic mass is 10.2. The highest BCUT2D eigenvalue weighted by Gasteiger charge is 2.08. The predicted octanol–water partition coefficient (Wildman–Crippen LogP) is 2.76. The molecule has 0 saturated heterocycles. The Bertz CT molecular complexity index is 668. The molecule has 0 radical (unpaired) electrons. The monoisotopic (exact) mass is 241 g/mol. The van der Waals surface area contributed by atoms with Gasteiger partial charge < -0.3 is 14.7 Å². The normalized spacial score (nSPS) is 11.2. The van der Waals surface area contributed by atoms with Crippen molar-refractivity contribution in [1.82, 2.24) is 9.55 Å². The second-order valence-corrected chi connectivity index (χ2v) is 4.44. The number of rotatable bonds is 3. The molecule has 0 atom stereocenters. The average Bonchev–Trinajstić information content (AvgIpc) is 2.94. The number of nitrogens with two attached hydrogens (primary N) is 1. The van der Waals surface area contributed by atoms with E-state index in [1.807, 2.05) is 28.8 Å². The standard InChI is InChI=1S/C14H15N3O/c1-10-4-5-12-13(9-10)17(14(15)16-12)7-6-11-3-2-8-18-11/h2-5,8-9H,6-7H2,1H3,(H2,15,16). The molecule has 2 N–H and O–H groups in total. The average molecular weight is 241 g/mol. The maximum atomic E-state index is 5.96. The zero-order chi connectivity index (χ0) is 12.5. The zero-order valence-corrected chi connectivity index (χ0v) is 10.3. The molecule has 3 rings (SSSR count). The fraction of sp³-hybridized carbons (Fsp3) is 0.214. The van der Waals surface area contributed by atoms with Gasteiger partial charge in [0, 0.05) is 13.0 Å². The van der Waals surface area contributed by atoms with E-state index in [-0.39, 0.29) is 0 Å². The number of benzene rings is 1. The lowest BCUT2D eigenvalue weighted by Gasteiger charge is -2.05. The molecule has 0 aliphatic rings. The summed E-state index contributed by atoms with van der Waals surface area (Å²) in [6.45, 7) is 2.85. The number of furan rings is 1. The van der Waals surface area contributed by atoms with Crippen LogP contribution in [0, 0.1) is 6.92 Å². The van der Waals surface area contributed by atoms with Crippen LogP contribution in [-0.2, 0) is 13.0 Å². The number of nitrogen functional groups attached to an aromatic ring is 1. The van der Waals surface area contributed by atoms with Gasteiger partial charge in [0.15, 0.2) is 0 Å². The lowest BCUT2D eigenvalue weighted by Crippen LogP contribution is -2.05. The molecule has 0 aliphatic carbocycles. The number of anilines is 1. The molecule has 0 aliphatic heterocycles. The van der Waals surface area contributed by atoms with Gasteiger partial charge in [0.25, 0.3) is 0 Å². The largest absolute Gasteiger partial charge is 0.469 e. The molecule has 0 unspecified atom stereocenters. The molecule has 0 spiro atoms. The Morgan fingerprint density at radius 2 is 2.22 bits per heavy atom. The summed E-state index contributed by atoms with van der Waals surface area (Å²) < 4.78 is 7.37. The van der Waals surface area contributed by atoms with Crippen molar-refractivity contribution in [3.8, 4) is 0 Å². The summed E-state index contributed by atoms with van der Waals surface area (Å²) in [5, 5.41) is 0. The smallest absolute Gasteiger partial charge is 0.201 e. The fourth-order valence-corrected chi connectivity index (χ4v) is 2.16. The molecule has 0 bridgehead atoms. The van der Waals surface area contributed by atoms with E-state index < -0.39 is 0 Å². The molecule has 0 fully saturated rings. The number of fused-ring (bicyclic) bond motifs is 1. The first kappa shape index (κ1) is 10.9. The van der Waals surface area contributed by atoms with Crippen LogP contribution in [0.1, 0.15) is 11.3 Å². The summed E-state index contributed by atoms with van der Waals surface area (Å²) in [7, 11) is 0. The van der Waals surface area contributed by atoms with E-state index in [1.54, 1.807) is 6.26 Å². The summed E-state index contributed by atoms with van der Waals surface area (Å²) in [5.74, 6) is 1.52. The molecule has 4 heteroatoms. The van der Waals surface area contributed by atoms with Crippen molar-refractivity contribution in [2.24, 2.45) is 0 Å². The third-order valence-corrected chi connectivity index (χ3v) is 3.10. The summed E-state index contributed by atoms with van der Waals surface area (Å²) >= 11 is 0. The quantitative estimate of drug-likeness (QED) is 0.767. The first-order valence-electron chi connectivity index (χ1n) is 5.99. The Morgan fingerprint density at radius 1 is 1.33 bits per heavy atom. The molecule has 2 heterocycles. The number of aromatic nitrogens is 2. The summed E-state index contributed by atoms with van der Waals surface area (Å²) in [6, 6.07) is 10.0. The van der Waals surface area contributed by atoms with Gasteiger partial charge in [0.05, 0.1) is 17.3 Å². The molecule has 0 saturated carbocycles. The van der Waals surface area contributed by atoms with E-state index in [0.29, 0.717) is 5.95 Å². The third-order valence-electron chi connectivity index (χ3n) is 3.10. The van der Waals surface area contributed by atoms with E-state index in [0.717, 1.165) is 29.8 Å². The summed E-state index contributed by atoms with van der Waals surface area (Å²) in [6.07, 6.45) is 2.51. The Kier molecular flexibility index (Phi) is 2.55. The molecule has 0 amide bonds. The van der Waals surface area contributed by atoms with Crippen molar-refractivity contribution < 1.29 is 4.42 Å². The Morgan fingerprint density at radius 3 is 3.00 bits per heavy atom. The fourth-order valence-electron chi connectivity index (χ4n) is 2.16. The molecule has 18 heavy (non-hydrogen) atoms. The first-order chi connectivity index (χ1) is 8.74. The van der Waals surface area contributed by atoms with Gasteiger partial charge in [-0.2, -0.15) is 0 Å². The van der Waals surface area contributed by atoms with Gasteiger partial charge in [-0.15, -0.1) is 0 Å². The van der Waals surface area contributed by atoms with Crippen LogP contribution in [0.3, 0.4) is 0 Å². The van der Waals surface area contributed by atoms with Crippen LogP contribution in [0.15, 0.2) is 41.0 Å². The van der Waals surface area contributed by atoms with Crippen molar-refractivity contribution >= 4 is 17.0 Å². The summed E-state index contributed by atoms with van der Waals surface area (Å²) in [4.78, 5) is 4.36. The Balaban J connectivity index is 1.95. The van der Waals surface area contributed by atoms with Gasteiger partial charge in [0.2, 0.25) is 5.95 Å². The maximum absolute atomic E-state index is 5.96. The molecular formula is C14H15N3O. The van der Waals surface area contributed by atoms with E-state index >= 15 is 0 Å². The van der Waals surface area contributed by atoms with Crippen LogP contribution in [0.25, 0.3) is 11.0 Å². The van der Waals surface area contributed by atoms with Gasteiger partial charge in [0.1, 0.15) is 5.76 Å². The number of imidazole rings is 1. The topological polar surface area (TPSA) is 57.0 Å². The van der Waals surface area contributed by atoms with Crippen molar-refractivity contribution in [3.05, 3.63) is 47.9 Å². The minimum Gasteiger partial charge on any atom is -0.469 e. The van der Waals surface area contributed by atoms with Crippen molar-refractivity contribution in [1.29, 1.82) is 0 Å². The van der Waals surface area contributed by atoms with Crippen molar-refractivity contribution in [2.75, 3.05) is 5.73 Å². The van der Waals surface area contributed by atoms with Crippen LogP contribution >= 0.6 is 0 Å². The summed E-state index contributed by atoms with van der Waals surface area (Å²) in [5.41, 5.74) is 9.20. The van der Waals surface area contributed by atoms with Crippen molar-refractivity contribution in [2.45, 2.75) is 19.9 Å². The van der Waals surface area contributed by atoms with E-state index in [9.17, 15) is 0 Å². The van der Waals surface area contributed by atoms with Crippen LogP contribution in [-0.4, -0.2) is 9.55 Å². The van der Waals surface area contributed by atoms with E-state index in [4.69, 9.17) is 10.2 Å². The predicted molar refractivity (Wildman–Crippen MR) is 71.3 cm³/mol. The minimum atomic E-state index is 0.558. The highest BCUT2D eigenvalue weighted by molar-refractivity contribution is 5.79. The Hall–Kier alpha value is -2.23. The number of hydrogen-bond donors (Lipinski definition) is 1. The van der Waals surface area contributed by atoms with Gasteiger partial charge in [-0.25, -0.2) is 4.98 Å². The van der Waals surface area contributed by atoms with Crippen molar-refractivity contribution in [3.63, 3.8) is 0 Å². The van der Waals surface area contributed by atoms with Crippen LogP contribution in [0.5, 0.6) is 0 Å². The van der Waals surface area contributed by atoms with Gasteiger partial charge >= 0.3 is 0 Å². The van der Waals surface area contributed by atoms with E-state index in [2.05, 4.69) is 18.0 Å². The van der Waals surface area contributed by atoms with Gasteiger partial charge in [-0.05, 0) is 36.8 Å². The minimum absolute atomic E-state index is 0.558. The number of nitrogens with zero attached hydrogens (tertiary/aromatic N) is 2. The first-order valence-corrected chi connectivity index (χ1v) is 5.99. The SMILES string of the molecule is Cc1ccc2nc(N)n(CCc3ccco3)c2c1. The zero-order valence-electron chi connectivity index (χ0n) is 10.3. The second kappa shape index (κ2) is 4.22. The number of aryl methyl sites for hydroxylation is 3. The number of hydrogen-bond acceptors (Lipinski definition) is 3. The van der Waals surface area contributed by atoms with Gasteiger partial charge in [-0.3, -0.25) is 0 Å². The van der Waals surface area contributed by atoms with Gasteiger partial charge in [-0.1, -0.05) is 6.07 Å². The maximum Gasteiger partial charge on any atom is 0.201 e. The Labute approximate surface area is 105 Å². The third kappa shape index (κ3) is 1.86. The molecule has 92 valence electrons. The highest BCUT2D eigenvalue weighted by Crippen LogP contribution is 2.19. The van der Waals surface area contributed by atoms with Crippen LogP contribution in [0.4, 0.5) is 5.95 Å². The molecule has 1 aromatic carbocycles. The molecule has 2 aromatic heterocycles. The van der Waals surface area contributed by atoms with Crippen LogP contribution < -0.4 is 5.73 Å². The molecular weight excluding hydrogens is 226 g/mol.